The number of hydrogen-bond acceptors (Lipinski definition) is 7. The van der Waals surface area contributed by atoms with Crippen LogP contribution in [0.3, 0.4) is 0 Å². The molecule has 0 fully saturated rings. The van der Waals surface area contributed by atoms with Gasteiger partial charge < -0.3 is 24.6 Å². The van der Waals surface area contributed by atoms with E-state index in [1.54, 1.807) is 26.0 Å². The van der Waals surface area contributed by atoms with Gasteiger partial charge in [0.25, 0.3) is 5.91 Å². The maximum atomic E-state index is 12.7. The number of carboxylic acid groups (broad SMARTS) is 1. The van der Waals surface area contributed by atoms with Crippen molar-refractivity contribution >= 4 is 46.8 Å². The molecule has 182 valence electrons. The van der Waals surface area contributed by atoms with Crippen LogP contribution in [0, 0.1) is 3.57 Å². The van der Waals surface area contributed by atoms with E-state index in [-0.39, 0.29) is 13.0 Å². The molecular formula is C23H26IN3O7. The molecule has 2 aromatic rings. The molecule has 2 rings (SSSR count). The molecule has 3 N–H and O–H groups in total. The summed E-state index contributed by atoms with van der Waals surface area (Å²) in [6.45, 7) is 3.48. The molecule has 1 atom stereocenters. The summed E-state index contributed by atoms with van der Waals surface area (Å²) in [4.78, 5) is 35.4. The van der Waals surface area contributed by atoms with Crippen LogP contribution in [0.15, 0.2) is 47.6 Å². The number of nitrogens with zero attached hydrogens (tertiary/aromatic N) is 1. The number of carbonyl (C=O) groups is 3. The highest BCUT2D eigenvalue weighted by Crippen LogP contribution is 2.33. The van der Waals surface area contributed by atoms with Gasteiger partial charge in [-0.15, -0.1) is 0 Å². The first-order valence-corrected chi connectivity index (χ1v) is 11.5. The molecule has 0 heterocycles. The Morgan fingerprint density at radius 2 is 1.85 bits per heavy atom. The summed E-state index contributed by atoms with van der Waals surface area (Å²) in [6.07, 6.45) is 0.965. The monoisotopic (exact) mass is 583 g/mol. The fourth-order valence-electron chi connectivity index (χ4n) is 2.82. The van der Waals surface area contributed by atoms with E-state index < -0.39 is 30.6 Å². The van der Waals surface area contributed by atoms with Crippen molar-refractivity contribution in [2.45, 2.75) is 26.3 Å². The minimum absolute atomic E-state index is 0.177. The number of amides is 2. The Labute approximate surface area is 210 Å². The molecule has 0 aromatic heterocycles. The Kier molecular flexibility index (Phi) is 11.1. The van der Waals surface area contributed by atoms with Gasteiger partial charge in [0.1, 0.15) is 6.04 Å². The van der Waals surface area contributed by atoms with Crippen LogP contribution < -0.4 is 20.2 Å². The van der Waals surface area contributed by atoms with E-state index in [1.165, 1.54) is 6.21 Å². The summed E-state index contributed by atoms with van der Waals surface area (Å²) >= 11 is 2.00. The van der Waals surface area contributed by atoms with Crippen molar-refractivity contribution in [3.8, 4) is 11.5 Å². The van der Waals surface area contributed by atoms with Gasteiger partial charge in [0, 0.05) is 6.42 Å². The van der Waals surface area contributed by atoms with Gasteiger partial charge in [-0.2, -0.15) is 5.10 Å². The van der Waals surface area contributed by atoms with E-state index in [2.05, 4.69) is 15.8 Å². The molecule has 2 amide bonds. The highest BCUT2D eigenvalue weighted by Gasteiger charge is 2.21. The predicted molar refractivity (Wildman–Crippen MR) is 133 cm³/mol. The number of rotatable bonds is 12. The average molecular weight is 583 g/mol. The second-order valence-electron chi connectivity index (χ2n) is 6.79. The molecule has 0 saturated carbocycles. The van der Waals surface area contributed by atoms with Crippen LogP contribution in [0.1, 0.15) is 25.0 Å². The van der Waals surface area contributed by atoms with Crippen LogP contribution in [-0.4, -0.2) is 55.2 Å². The van der Waals surface area contributed by atoms with Crippen molar-refractivity contribution in [1.29, 1.82) is 0 Å². The minimum atomic E-state index is -1.10. The third kappa shape index (κ3) is 8.89. The van der Waals surface area contributed by atoms with Crippen molar-refractivity contribution in [1.82, 2.24) is 10.7 Å². The van der Waals surface area contributed by atoms with Crippen molar-refractivity contribution in [3.63, 3.8) is 0 Å². The lowest BCUT2D eigenvalue weighted by Gasteiger charge is -2.17. The van der Waals surface area contributed by atoms with Crippen molar-refractivity contribution in [2.24, 2.45) is 5.10 Å². The molecule has 34 heavy (non-hydrogen) atoms. The Hall–Kier alpha value is -3.35. The molecule has 0 spiro atoms. The van der Waals surface area contributed by atoms with Gasteiger partial charge in [-0.25, -0.2) is 15.0 Å². The molecule has 0 bridgehead atoms. The molecule has 0 aliphatic carbocycles. The maximum Gasteiger partial charge on any atom is 0.407 e. The van der Waals surface area contributed by atoms with Gasteiger partial charge in [0.15, 0.2) is 18.1 Å². The zero-order valence-electron chi connectivity index (χ0n) is 18.7. The Morgan fingerprint density at radius 3 is 2.50 bits per heavy atom. The van der Waals surface area contributed by atoms with E-state index in [1.807, 2.05) is 52.9 Å². The van der Waals surface area contributed by atoms with Crippen molar-refractivity contribution in [2.75, 3.05) is 19.8 Å². The standard InChI is InChI=1S/C23H26IN3O7/c1-3-32-19-12-16(10-17(24)21(19)34-14-20(28)29)13-25-27-22(30)18(26-23(31)33-4-2)11-15-8-6-5-7-9-15/h5-10,12-13,18H,3-4,11,14H2,1-2H3,(H,26,31)(H,27,30)(H,28,29)/b25-13-/t18-/m0/s1. The number of hydrogen-bond donors (Lipinski definition) is 3. The summed E-state index contributed by atoms with van der Waals surface area (Å²) in [7, 11) is 0. The first kappa shape index (κ1) is 26.9. The van der Waals surface area contributed by atoms with Gasteiger partial charge in [-0.1, -0.05) is 30.3 Å². The topological polar surface area (TPSA) is 136 Å². The van der Waals surface area contributed by atoms with Crippen LogP contribution in [-0.2, 0) is 20.7 Å². The number of halogens is 1. The summed E-state index contributed by atoms with van der Waals surface area (Å²) in [5.41, 5.74) is 3.88. The molecule has 0 unspecified atom stereocenters. The maximum absolute atomic E-state index is 12.7. The van der Waals surface area contributed by atoms with E-state index in [0.717, 1.165) is 5.56 Å². The summed E-state index contributed by atoms with van der Waals surface area (Å²) in [5.74, 6) is -0.954. The smallest absolute Gasteiger partial charge is 0.407 e. The number of carbonyl (C=O) groups excluding carboxylic acids is 2. The molecule has 0 aliphatic heterocycles. The molecule has 0 radical (unpaired) electrons. The molecular weight excluding hydrogens is 557 g/mol. The number of benzene rings is 2. The van der Waals surface area contributed by atoms with Crippen LogP contribution in [0.25, 0.3) is 0 Å². The van der Waals surface area contributed by atoms with Gasteiger partial charge >= 0.3 is 12.1 Å². The van der Waals surface area contributed by atoms with E-state index in [4.69, 9.17) is 19.3 Å². The van der Waals surface area contributed by atoms with Crippen molar-refractivity contribution < 1.29 is 33.7 Å². The highest BCUT2D eigenvalue weighted by molar-refractivity contribution is 14.1. The second kappa shape index (κ2) is 14.0. The SMILES string of the molecule is CCOC(=O)N[C@@H](Cc1ccccc1)C(=O)N/N=C\c1cc(I)c(OCC(=O)O)c(OCC)c1. The number of alkyl carbamates (subject to hydrolysis) is 1. The van der Waals surface area contributed by atoms with Crippen molar-refractivity contribution in [3.05, 3.63) is 57.2 Å². The Balaban J connectivity index is 2.13. The molecule has 11 heteroatoms. The summed E-state index contributed by atoms with van der Waals surface area (Å²) in [5, 5.41) is 15.4. The van der Waals surface area contributed by atoms with E-state index in [9.17, 15) is 14.4 Å². The van der Waals surface area contributed by atoms with E-state index in [0.29, 0.717) is 27.2 Å². The quantitative estimate of drug-likeness (QED) is 0.199. The van der Waals surface area contributed by atoms with Crippen LogP contribution in [0.5, 0.6) is 11.5 Å². The average Bonchev–Trinajstić information content (AvgIpc) is 2.79. The summed E-state index contributed by atoms with van der Waals surface area (Å²) < 4.78 is 16.4. The fourth-order valence-corrected chi connectivity index (χ4v) is 3.60. The lowest BCUT2D eigenvalue weighted by atomic mass is 10.1. The van der Waals surface area contributed by atoms with Gasteiger partial charge in [0.2, 0.25) is 0 Å². The first-order chi connectivity index (χ1) is 16.3. The van der Waals surface area contributed by atoms with Gasteiger partial charge in [-0.3, -0.25) is 4.79 Å². The van der Waals surface area contributed by atoms with Crippen LogP contribution >= 0.6 is 22.6 Å². The zero-order chi connectivity index (χ0) is 24.9. The Morgan fingerprint density at radius 1 is 1.12 bits per heavy atom. The summed E-state index contributed by atoms with van der Waals surface area (Å²) in [6, 6.07) is 11.7. The first-order valence-electron chi connectivity index (χ1n) is 10.4. The lowest BCUT2D eigenvalue weighted by molar-refractivity contribution is -0.139. The third-order valence-corrected chi connectivity index (χ3v) is 5.03. The van der Waals surface area contributed by atoms with Crippen LogP contribution in [0.4, 0.5) is 4.79 Å². The highest BCUT2D eigenvalue weighted by atomic mass is 127. The number of nitrogens with one attached hydrogen (secondary N) is 2. The number of ether oxygens (including phenoxy) is 3. The van der Waals surface area contributed by atoms with Crippen LogP contribution in [0.2, 0.25) is 0 Å². The molecule has 10 nitrogen and oxygen atoms in total. The molecule has 0 saturated heterocycles. The zero-order valence-corrected chi connectivity index (χ0v) is 20.9. The molecule has 2 aromatic carbocycles. The second-order valence-corrected chi connectivity index (χ2v) is 7.95. The Bertz CT molecular complexity index is 1020. The largest absolute Gasteiger partial charge is 0.490 e. The third-order valence-electron chi connectivity index (χ3n) is 4.23. The fraction of sp³-hybridized carbons (Fsp3) is 0.304. The normalized spacial score (nSPS) is 11.5. The predicted octanol–water partition coefficient (Wildman–Crippen LogP) is 2.96. The number of aliphatic carboxylic acids is 1. The lowest BCUT2D eigenvalue weighted by Crippen LogP contribution is -2.47. The number of carboxylic acids is 1. The van der Waals surface area contributed by atoms with E-state index >= 15 is 0 Å². The minimum Gasteiger partial charge on any atom is -0.490 e. The molecule has 0 aliphatic rings. The number of hydrazone groups is 1. The van der Waals surface area contributed by atoms with Gasteiger partial charge in [-0.05, 0) is 59.7 Å². The van der Waals surface area contributed by atoms with Gasteiger partial charge in [0.05, 0.1) is 23.0 Å².